The SMILES string of the molecule is O=C(OCc1csc(-c2ccccn2)n1)c1n[nH]c2ccccc12. The molecule has 1 aromatic carbocycles. The zero-order valence-corrected chi connectivity index (χ0v) is 13.3. The molecule has 24 heavy (non-hydrogen) atoms. The van der Waals surface area contributed by atoms with E-state index in [0.717, 1.165) is 21.6 Å². The van der Waals surface area contributed by atoms with Crippen molar-refractivity contribution in [2.75, 3.05) is 0 Å². The number of hydrogen-bond donors (Lipinski definition) is 1. The van der Waals surface area contributed by atoms with E-state index >= 15 is 0 Å². The van der Waals surface area contributed by atoms with Crippen LogP contribution in [0, 0.1) is 0 Å². The number of hydrogen-bond acceptors (Lipinski definition) is 6. The Morgan fingerprint density at radius 2 is 2.04 bits per heavy atom. The fourth-order valence-electron chi connectivity index (χ4n) is 2.31. The third-order valence-corrected chi connectivity index (χ3v) is 4.36. The quantitative estimate of drug-likeness (QED) is 0.577. The summed E-state index contributed by atoms with van der Waals surface area (Å²) in [6.07, 6.45) is 1.72. The molecule has 6 nitrogen and oxygen atoms in total. The number of para-hydroxylation sites is 1. The van der Waals surface area contributed by atoms with E-state index in [1.165, 1.54) is 11.3 Å². The number of H-pyrrole nitrogens is 1. The second-order valence-electron chi connectivity index (χ2n) is 5.05. The van der Waals surface area contributed by atoms with E-state index in [1.54, 1.807) is 6.20 Å². The van der Waals surface area contributed by atoms with Crippen LogP contribution in [0.4, 0.5) is 0 Å². The van der Waals surface area contributed by atoms with Gasteiger partial charge in [0.2, 0.25) is 0 Å². The molecule has 0 atom stereocenters. The summed E-state index contributed by atoms with van der Waals surface area (Å²) in [5.74, 6) is -0.472. The Labute approximate surface area is 141 Å². The first kappa shape index (κ1) is 14.5. The van der Waals surface area contributed by atoms with Crippen LogP contribution in [-0.4, -0.2) is 26.1 Å². The summed E-state index contributed by atoms with van der Waals surface area (Å²) in [6, 6.07) is 13.1. The molecule has 4 aromatic rings. The average Bonchev–Trinajstić information content (AvgIpc) is 3.27. The molecule has 0 amide bonds. The highest BCUT2D eigenvalue weighted by molar-refractivity contribution is 7.13. The molecule has 0 fully saturated rings. The van der Waals surface area contributed by atoms with Crippen molar-refractivity contribution in [3.8, 4) is 10.7 Å². The summed E-state index contributed by atoms with van der Waals surface area (Å²) in [5, 5.41) is 10.3. The van der Waals surface area contributed by atoms with Crippen LogP contribution in [0.2, 0.25) is 0 Å². The normalized spacial score (nSPS) is 10.8. The lowest BCUT2D eigenvalue weighted by molar-refractivity contribution is 0.0464. The van der Waals surface area contributed by atoms with Gasteiger partial charge in [-0.25, -0.2) is 9.78 Å². The summed E-state index contributed by atoms with van der Waals surface area (Å²) in [7, 11) is 0. The van der Waals surface area contributed by atoms with E-state index in [4.69, 9.17) is 4.74 Å². The number of benzene rings is 1. The Morgan fingerprint density at radius 3 is 2.92 bits per heavy atom. The second kappa shape index (κ2) is 6.21. The summed E-state index contributed by atoms with van der Waals surface area (Å²) < 4.78 is 5.33. The number of ether oxygens (including phenoxy) is 1. The van der Waals surface area contributed by atoms with Crippen LogP contribution in [0.25, 0.3) is 21.6 Å². The molecular weight excluding hydrogens is 324 g/mol. The van der Waals surface area contributed by atoms with Crippen molar-refractivity contribution in [2.24, 2.45) is 0 Å². The monoisotopic (exact) mass is 336 g/mol. The Balaban J connectivity index is 1.47. The van der Waals surface area contributed by atoms with Gasteiger partial charge in [-0.15, -0.1) is 11.3 Å². The van der Waals surface area contributed by atoms with Gasteiger partial charge in [0.05, 0.1) is 16.9 Å². The topological polar surface area (TPSA) is 80.8 Å². The summed E-state index contributed by atoms with van der Waals surface area (Å²) >= 11 is 1.47. The van der Waals surface area contributed by atoms with Crippen molar-refractivity contribution >= 4 is 28.2 Å². The molecule has 0 saturated heterocycles. The number of aromatic amines is 1. The first-order chi connectivity index (χ1) is 11.8. The predicted octanol–water partition coefficient (Wildman–Crippen LogP) is 3.44. The van der Waals surface area contributed by atoms with Gasteiger partial charge in [0.1, 0.15) is 11.6 Å². The first-order valence-electron chi connectivity index (χ1n) is 7.27. The van der Waals surface area contributed by atoms with E-state index in [9.17, 15) is 4.79 Å². The van der Waals surface area contributed by atoms with Crippen LogP contribution in [0.1, 0.15) is 16.2 Å². The molecule has 3 aromatic heterocycles. The smallest absolute Gasteiger partial charge is 0.359 e. The molecule has 0 saturated carbocycles. The van der Waals surface area contributed by atoms with Crippen LogP contribution >= 0.6 is 11.3 Å². The molecule has 0 spiro atoms. The van der Waals surface area contributed by atoms with Crippen LogP contribution in [0.15, 0.2) is 54.0 Å². The molecule has 0 radical (unpaired) electrons. The van der Waals surface area contributed by atoms with Crippen molar-refractivity contribution in [3.63, 3.8) is 0 Å². The lowest BCUT2D eigenvalue weighted by atomic mass is 10.2. The van der Waals surface area contributed by atoms with E-state index in [-0.39, 0.29) is 12.3 Å². The van der Waals surface area contributed by atoms with Gasteiger partial charge in [-0.3, -0.25) is 10.1 Å². The minimum Gasteiger partial charge on any atom is -0.454 e. The van der Waals surface area contributed by atoms with Crippen molar-refractivity contribution in [1.29, 1.82) is 0 Å². The third kappa shape index (κ3) is 2.77. The van der Waals surface area contributed by atoms with E-state index < -0.39 is 5.97 Å². The molecule has 4 rings (SSSR count). The molecular formula is C17H12N4O2S. The molecule has 118 valence electrons. The van der Waals surface area contributed by atoms with Gasteiger partial charge in [-0.1, -0.05) is 24.3 Å². The summed E-state index contributed by atoms with van der Waals surface area (Å²) in [6.45, 7) is 0.101. The fraction of sp³-hybridized carbons (Fsp3) is 0.0588. The van der Waals surface area contributed by atoms with Gasteiger partial charge in [0.25, 0.3) is 0 Å². The number of aromatic nitrogens is 4. The number of nitrogens with one attached hydrogen (secondary N) is 1. The van der Waals surface area contributed by atoms with Gasteiger partial charge in [-0.2, -0.15) is 5.10 Å². The molecule has 0 aliphatic heterocycles. The number of pyridine rings is 1. The number of esters is 1. The third-order valence-electron chi connectivity index (χ3n) is 3.45. The number of rotatable bonds is 4. The van der Waals surface area contributed by atoms with Crippen LogP contribution in [0.3, 0.4) is 0 Å². The standard InChI is InChI=1S/C17H12N4O2S/c22-17(15-12-5-1-2-6-13(12)20-21-15)23-9-11-10-24-16(19-11)14-7-3-4-8-18-14/h1-8,10H,9H2,(H,20,21). The minimum atomic E-state index is -0.472. The van der Waals surface area contributed by atoms with Crippen molar-refractivity contribution in [2.45, 2.75) is 6.61 Å². The van der Waals surface area contributed by atoms with Crippen molar-refractivity contribution in [1.82, 2.24) is 20.2 Å². The van der Waals surface area contributed by atoms with Gasteiger partial charge >= 0.3 is 5.97 Å². The number of carbonyl (C=O) groups is 1. The number of thiazole rings is 1. The zero-order chi connectivity index (χ0) is 16.4. The highest BCUT2D eigenvalue weighted by Gasteiger charge is 2.16. The predicted molar refractivity (Wildman–Crippen MR) is 90.6 cm³/mol. The van der Waals surface area contributed by atoms with Crippen LogP contribution in [-0.2, 0) is 11.3 Å². The van der Waals surface area contributed by atoms with Gasteiger partial charge in [-0.05, 0) is 18.2 Å². The average molecular weight is 336 g/mol. The molecule has 0 bridgehead atoms. The first-order valence-corrected chi connectivity index (χ1v) is 8.15. The second-order valence-corrected chi connectivity index (χ2v) is 5.91. The van der Waals surface area contributed by atoms with E-state index in [1.807, 2.05) is 47.8 Å². The molecule has 0 aliphatic rings. The fourth-order valence-corrected chi connectivity index (χ4v) is 3.09. The Kier molecular flexibility index (Phi) is 3.76. The Morgan fingerprint density at radius 1 is 1.17 bits per heavy atom. The highest BCUT2D eigenvalue weighted by Crippen LogP contribution is 2.22. The van der Waals surface area contributed by atoms with E-state index in [2.05, 4.69) is 20.2 Å². The lowest BCUT2D eigenvalue weighted by Crippen LogP contribution is -2.06. The molecule has 7 heteroatoms. The van der Waals surface area contributed by atoms with Gasteiger partial charge < -0.3 is 4.74 Å². The maximum atomic E-state index is 12.2. The summed E-state index contributed by atoms with van der Waals surface area (Å²) in [5.41, 5.74) is 2.58. The Bertz CT molecular complexity index is 994. The maximum absolute atomic E-state index is 12.2. The molecule has 0 aliphatic carbocycles. The van der Waals surface area contributed by atoms with E-state index in [0.29, 0.717) is 5.69 Å². The van der Waals surface area contributed by atoms with Crippen molar-refractivity contribution in [3.05, 3.63) is 65.4 Å². The summed E-state index contributed by atoms with van der Waals surface area (Å²) in [4.78, 5) is 20.9. The zero-order valence-electron chi connectivity index (χ0n) is 12.5. The lowest BCUT2D eigenvalue weighted by Gasteiger charge is -2.00. The largest absolute Gasteiger partial charge is 0.454 e. The minimum absolute atomic E-state index is 0.101. The van der Waals surface area contributed by atoms with Crippen LogP contribution < -0.4 is 0 Å². The number of fused-ring (bicyclic) bond motifs is 1. The molecule has 3 heterocycles. The molecule has 1 N–H and O–H groups in total. The van der Waals surface area contributed by atoms with Crippen molar-refractivity contribution < 1.29 is 9.53 Å². The number of nitrogens with zero attached hydrogens (tertiary/aromatic N) is 3. The Hall–Kier alpha value is -3.06. The van der Waals surface area contributed by atoms with Crippen LogP contribution in [0.5, 0.6) is 0 Å². The number of carbonyl (C=O) groups excluding carboxylic acids is 1. The maximum Gasteiger partial charge on any atom is 0.359 e. The van der Waals surface area contributed by atoms with Gasteiger partial charge in [0.15, 0.2) is 5.69 Å². The molecule has 0 unspecified atom stereocenters. The highest BCUT2D eigenvalue weighted by atomic mass is 32.1. The van der Waals surface area contributed by atoms with Gasteiger partial charge in [0, 0.05) is 17.0 Å².